The van der Waals surface area contributed by atoms with Crippen LogP contribution in [0.3, 0.4) is 0 Å². The summed E-state index contributed by atoms with van der Waals surface area (Å²) < 4.78 is 13.4. The zero-order valence-electron chi connectivity index (χ0n) is 17.2. The predicted octanol–water partition coefficient (Wildman–Crippen LogP) is 2.66. The number of fused-ring (bicyclic) bond motifs is 2. The Morgan fingerprint density at radius 1 is 1.24 bits per heavy atom. The van der Waals surface area contributed by atoms with E-state index in [1.54, 1.807) is 7.05 Å². The van der Waals surface area contributed by atoms with Crippen molar-refractivity contribution in [3.63, 3.8) is 0 Å². The van der Waals surface area contributed by atoms with Gasteiger partial charge in [-0.25, -0.2) is 4.98 Å². The molecule has 0 unspecified atom stereocenters. The highest BCUT2D eigenvalue weighted by Gasteiger charge is 2.13. The van der Waals surface area contributed by atoms with Crippen molar-refractivity contribution in [2.24, 2.45) is 4.99 Å². The highest BCUT2D eigenvalue weighted by molar-refractivity contribution is 5.79. The van der Waals surface area contributed by atoms with Crippen molar-refractivity contribution in [3.8, 4) is 11.5 Å². The van der Waals surface area contributed by atoms with Crippen molar-refractivity contribution < 1.29 is 9.47 Å². The van der Waals surface area contributed by atoms with E-state index in [0.29, 0.717) is 13.2 Å². The topological polar surface area (TPSA) is 63.4 Å². The van der Waals surface area contributed by atoms with Crippen LogP contribution in [0.1, 0.15) is 16.8 Å². The summed E-state index contributed by atoms with van der Waals surface area (Å²) in [5.41, 5.74) is 4.41. The maximum Gasteiger partial charge on any atom is 0.193 e. The Balaban J connectivity index is 1.34. The minimum atomic E-state index is 0.595. The van der Waals surface area contributed by atoms with E-state index in [1.165, 1.54) is 5.56 Å². The summed E-state index contributed by atoms with van der Waals surface area (Å²) in [5.74, 6) is 2.47. The number of aromatic nitrogens is 2. The fourth-order valence-corrected chi connectivity index (χ4v) is 3.55. The minimum Gasteiger partial charge on any atom is -0.486 e. The van der Waals surface area contributed by atoms with Crippen LogP contribution >= 0.6 is 0 Å². The van der Waals surface area contributed by atoms with E-state index in [0.717, 1.165) is 53.9 Å². The van der Waals surface area contributed by atoms with Crippen LogP contribution in [0.2, 0.25) is 0 Å². The van der Waals surface area contributed by atoms with E-state index < -0.39 is 0 Å². The Bertz CT molecular complexity index is 1030. The van der Waals surface area contributed by atoms with Crippen molar-refractivity contribution >= 4 is 11.6 Å². The molecule has 0 aliphatic carbocycles. The Kier molecular flexibility index (Phi) is 5.55. The Hall–Kier alpha value is -3.22. The molecule has 1 aliphatic rings. The van der Waals surface area contributed by atoms with Gasteiger partial charge in [0.1, 0.15) is 18.9 Å². The molecule has 7 nitrogen and oxygen atoms in total. The lowest BCUT2D eigenvalue weighted by atomic mass is 10.2. The van der Waals surface area contributed by atoms with Crippen LogP contribution in [0.15, 0.2) is 47.7 Å². The molecular weight excluding hydrogens is 366 g/mol. The van der Waals surface area contributed by atoms with Gasteiger partial charge < -0.3 is 24.1 Å². The summed E-state index contributed by atoms with van der Waals surface area (Å²) in [6.45, 7) is 4.77. The molecule has 3 heterocycles. The largest absolute Gasteiger partial charge is 0.486 e. The molecular formula is C22H27N5O2. The fraction of sp³-hybridized carbons (Fsp3) is 0.364. The second kappa shape index (κ2) is 8.43. The number of aliphatic imine (C=N–C) groups is 1. The molecule has 29 heavy (non-hydrogen) atoms. The van der Waals surface area contributed by atoms with Crippen LogP contribution in [-0.2, 0) is 13.0 Å². The van der Waals surface area contributed by atoms with Gasteiger partial charge in [0, 0.05) is 46.0 Å². The van der Waals surface area contributed by atoms with Gasteiger partial charge in [0.25, 0.3) is 0 Å². The normalized spacial score (nSPS) is 13.6. The van der Waals surface area contributed by atoms with Crippen molar-refractivity contribution in [2.45, 2.75) is 19.9 Å². The Labute approximate surface area is 171 Å². The van der Waals surface area contributed by atoms with Crippen molar-refractivity contribution in [2.75, 3.05) is 33.9 Å². The highest BCUT2D eigenvalue weighted by atomic mass is 16.6. The first-order valence-electron chi connectivity index (χ1n) is 9.87. The van der Waals surface area contributed by atoms with Crippen LogP contribution in [0.25, 0.3) is 5.65 Å². The standard InChI is InChI=1S/C22H27N5O2/c1-16-5-4-10-27-15-18(25-21(16)27)8-9-24-22(23-2)26(3)14-17-6-7-19-20(13-17)29-12-11-28-19/h4-7,10,13,15H,8-9,11-12,14H2,1-3H3,(H,23,24). The molecule has 0 saturated carbocycles. The van der Waals surface area contributed by atoms with Gasteiger partial charge in [-0.2, -0.15) is 0 Å². The average Bonchev–Trinajstić information content (AvgIpc) is 3.15. The predicted molar refractivity (Wildman–Crippen MR) is 114 cm³/mol. The molecule has 0 saturated heterocycles. The van der Waals surface area contributed by atoms with Crippen LogP contribution < -0.4 is 14.8 Å². The molecule has 0 spiro atoms. The number of aryl methyl sites for hydroxylation is 1. The van der Waals surface area contributed by atoms with Gasteiger partial charge in [0.15, 0.2) is 17.5 Å². The molecule has 7 heteroatoms. The van der Waals surface area contributed by atoms with E-state index in [4.69, 9.17) is 14.5 Å². The SMILES string of the molecule is CN=C(NCCc1cn2cccc(C)c2n1)N(C)Cc1ccc2c(c1)OCCO2. The number of imidazole rings is 1. The average molecular weight is 393 g/mol. The smallest absolute Gasteiger partial charge is 0.193 e. The van der Waals surface area contributed by atoms with Gasteiger partial charge in [-0.3, -0.25) is 4.99 Å². The van der Waals surface area contributed by atoms with Crippen LogP contribution in [0.4, 0.5) is 0 Å². The maximum absolute atomic E-state index is 5.68. The number of guanidine groups is 1. The van der Waals surface area contributed by atoms with Crippen molar-refractivity contribution in [3.05, 3.63) is 59.5 Å². The monoisotopic (exact) mass is 393 g/mol. The van der Waals surface area contributed by atoms with Crippen LogP contribution in [0.5, 0.6) is 11.5 Å². The summed E-state index contributed by atoms with van der Waals surface area (Å²) in [4.78, 5) is 11.2. The lowest BCUT2D eigenvalue weighted by Gasteiger charge is -2.23. The molecule has 2 aromatic heterocycles. The van der Waals surface area contributed by atoms with E-state index in [9.17, 15) is 0 Å². The third-order valence-corrected chi connectivity index (χ3v) is 4.99. The Morgan fingerprint density at radius 2 is 2.07 bits per heavy atom. The third-order valence-electron chi connectivity index (χ3n) is 4.99. The van der Waals surface area contributed by atoms with E-state index >= 15 is 0 Å². The number of ether oxygens (including phenoxy) is 2. The van der Waals surface area contributed by atoms with Gasteiger partial charge in [-0.15, -0.1) is 0 Å². The molecule has 0 atom stereocenters. The quantitative estimate of drug-likeness (QED) is 0.533. The van der Waals surface area contributed by atoms with E-state index in [2.05, 4.69) is 44.9 Å². The first kappa shape index (κ1) is 19.1. The lowest BCUT2D eigenvalue weighted by Crippen LogP contribution is -2.39. The number of nitrogens with zero attached hydrogens (tertiary/aromatic N) is 4. The summed E-state index contributed by atoms with van der Waals surface area (Å²) in [6.07, 6.45) is 4.95. The van der Waals surface area contributed by atoms with Crippen LogP contribution in [0, 0.1) is 6.92 Å². The molecule has 1 aliphatic heterocycles. The summed E-state index contributed by atoms with van der Waals surface area (Å²) in [5, 5.41) is 3.43. The number of benzene rings is 1. The lowest BCUT2D eigenvalue weighted by molar-refractivity contribution is 0.171. The number of hydrogen-bond donors (Lipinski definition) is 1. The number of hydrogen-bond acceptors (Lipinski definition) is 4. The Morgan fingerprint density at radius 3 is 2.86 bits per heavy atom. The third kappa shape index (κ3) is 4.29. The number of pyridine rings is 1. The molecule has 0 radical (unpaired) electrons. The van der Waals surface area contributed by atoms with Gasteiger partial charge in [-0.05, 0) is 36.2 Å². The highest BCUT2D eigenvalue weighted by Crippen LogP contribution is 2.31. The fourth-order valence-electron chi connectivity index (χ4n) is 3.55. The second-order valence-corrected chi connectivity index (χ2v) is 7.21. The van der Waals surface area contributed by atoms with Crippen molar-refractivity contribution in [1.29, 1.82) is 0 Å². The number of rotatable bonds is 5. The van der Waals surface area contributed by atoms with Gasteiger partial charge in [0.05, 0.1) is 5.69 Å². The molecule has 3 aromatic rings. The zero-order valence-corrected chi connectivity index (χ0v) is 17.2. The van der Waals surface area contributed by atoms with Gasteiger partial charge in [0.2, 0.25) is 0 Å². The van der Waals surface area contributed by atoms with Gasteiger partial charge >= 0.3 is 0 Å². The second-order valence-electron chi connectivity index (χ2n) is 7.21. The maximum atomic E-state index is 5.68. The summed E-state index contributed by atoms with van der Waals surface area (Å²) >= 11 is 0. The van der Waals surface area contributed by atoms with Gasteiger partial charge in [-0.1, -0.05) is 12.1 Å². The first-order chi connectivity index (χ1) is 14.1. The van der Waals surface area contributed by atoms with E-state index in [1.807, 2.05) is 31.4 Å². The molecule has 152 valence electrons. The molecule has 0 fully saturated rings. The molecule has 1 N–H and O–H groups in total. The van der Waals surface area contributed by atoms with E-state index in [-0.39, 0.29) is 0 Å². The summed E-state index contributed by atoms with van der Waals surface area (Å²) in [7, 11) is 3.83. The molecule has 0 amide bonds. The molecule has 0 bridgehead atoms. The first-order valence-corrected chi connectivity index (χ1v) is 9.87. The molecule has 1 aromatic carbocycles. The number of nitrogens with one attached hydrogen (secondary N) is 1. The zero-order chi connectivity index (χ0) is 20.2. The summed E-state index contributed by atoms with van der Waals surface area (Å²) in [6, 6.07) is 10.2. The van der Waals surface area contributed by atoms with Crippen LogP contribution in [-0.4, -0.2) is 54.1 Å². The minimum absolute atomic E-state index is 0.595. The van der Waals surface area contributed by atoms with Crippen molar-refractivity contribution in [1.82, 2.24) is 19.6 Å². The molecule has 4 rings (SSSR count).